The van der Waals surface area contributed by atoms with Gasteiger partial charge >= 0.3 is 0 Å². The number of carbonyl (C=O) groups is 1. The summed E-state index contributed by atoms with van der Waals surface area (Å²) in [5.41, 5.74) is 0.778. The van der Waals surface area contributed by atoms with Crippen LogP contribution in [0, 0.1) is 11.8 Å². The molecule has 1 aromatic carbocycles. The SMILES string of the molecule is CCN(CC)CC#CC[N+](C)(C)CC(=O)c1ccccc1.[Br-]. The lowest BCUT2D eigenvalue weighted by atomic mass is 10.1. The van der Waals surface area contributed by atoms with Crippen LogP contribution in [0.5, 0.6) is 0 Å². The quantitative estimate of drug-likeness (QED) is 0.361. The molecule has 0 fully saturated rings. The molecule has 0 heterocycles. The number of rotatable bonds is 7. The molecule has 0 aliphatic heterocycles. The van der Waals surface area contributed by atoms with Gasteiger partial charge < -0.3 is 21.5 Å². The minimum absolute atomic E-state index is 0. The number of benzene rings is 1. The van der Waals surface area contributed by atoms with Crippen LogP contribution in [-0.4, -0.2) is 62.0 Å². The van der Waals surface area contributed by atoms with Crippen molar-refractivity contribution < 1.29 is 26.3 Å². The fraction of sp³-hybridized carbons (Fsp3) is 0.500. The van der Waals surface area contributed by atoms with Crippen molar-refractivity contribution in [1.82, 2.24) is 4.90 Å². The van der Waals surface area contributed by atoms with E-state index >= 15 is 0 Å². The van der Waals surface area contributed by atoms with E-state index in [9.17, 15) is 4.79 Å². The number of hydrogen-bond acceptors (Lipinski definition) is 2. The Kier molecular flexibility index (Phi) is 10.0. The molecule has 122 valence electrons. The number of ketones is 1. The Morgan fingerprint density at radius 3 is 2.23 bits per heavy atom. The largest absolute Gasteiger partial charge is 1.00 e. The highest BCUT2D eigenvalue weighted by Gasteiger charge is 2.19. The molecular weight excluding hydrogens is 340 g/mol. The molecule has 0 saturated carbocycles. The van der Waals surface area contributed by atoms with Gasteiger partial charge in [0, 0.05) is 5.56 Å². The summed E-state index contributed by atoms with van der Waals surface area (Å²) in [6, 6.07) is 9.46. The molecule has 0 amide bonds. The van der Waals surface area contributed by atoms with E-state index in [1.54, 1.807) is 0 Å². The highest BCUT2D eigenvalue weighted by molar-refractivity contribution is 5.96. The normalized spacial score (nSPS) is 10.6. The second-order valence-corrected chi connectivity index (χ2v) is 5.86. The Labute approximate surface area is 145 Å². The van der Waals surface area contributed by atoms with Crippen LogP contribution in [0.25, 0.3) is 0 Å². The lowest BCUT2D eigenvalue weighted by molar-refractivity contribution is -0.874. The fourth-order valence-corrected chi connectivity index (χ4v) is 2.04. The number of carbonyl (C=O) groups excluding carboxylic acids is 1. The van der Waals surface area contributed by atoms with Crippen LogP contribution in [0.15, 0.2) is 30.3 Å². The predicted octanol–water partition coefficient (Wildman–Crippen LogP) is -0.705. The zero-order valence-electron chi connectivity index (χ0n) is 14.1. The highest BCUT2D eigenvalue weighted by Crippen LogP contribution is 2.04. The third kappa shape index (κ3) is 7.74. The van der Waals surface area contributed by atoms with Gasteiger partial charge in [-0.2, -0.15) is 0 Å². The van der Waals surface area contributed by atoms with Gasteiger partial charge in [-0.15, -0.1) is 0 Å². The summed E-state index contributed by atoms with van der Waals surface area (Å²) in [5.74, 6) is 6.59. The summed E-state index contributed by atoms with van der Waals surface area (Å²) in [6.07, 6.45) is 0. The van der Waals surface area contributed by atoms with E-state index in [2.05, 4.69) is 30.6 Å². The molecule has 3 nitrogen and oxygen atoms in total. The van der Waals surface area contributed by atoms with Crippen LogP contribution in [0.4, 0.5) is 0 Å². The lowest BCUT2D eigenvalue weighted by Gasteiger charge is -2.26. The lowest BCUT2D eigenvalue weighted by Crippen LogP contribution is -3.00. The van der Waals surface area contributed by atoms with Crippen LogP contribution in [-0.2, 0) is 0 Å². The maximum Gasteiger partial charge on any atom is 0.216 e. The number of hydrogen-bond donors (Lipinski definition) is 0. The first-order valence-corrected chi connectivity index (χ1v) is 7.57. The maximum absolute atomic E-state index is 12.2. The number of likely N-dealkylation sites (N-methyl/N-ethyl adjacent to an activating group) is 1. The first kappa shape index (κ1) is 20.9. The van der Waals surface area contributed by atoms with E-state index in [1.165, 1.54) is 0 Å². The van der Waals surface area contributed by atoms with Gasteiger partial charge in [-0.1, -0.05) is 50.1 Å². The van der Waals surface area contributed by atoms with Crippen molar-refractivity contribution in [3.05, 3.63) is 35.9 Å². The molecule has 22 heavy (non-hydrogen) atoms. The van der Waals surface area contributed by atoms with Gasteiger partial charge in [0.1, 0.15) is 13.1 Å². The molecule has 0 unspecified atom stereocenters. The molecule has 0 aliphatic rings. The predicted molar refractivity (Wildman–Crippen MR) is 88.2 cm³/mol. The topological polar surface area (TPSA) is 20.3 Å². The van der Waals surface area contributed by atoms with E-state index in [4.69, 9.17) is 0 Å². The summed E-state index contributed by atoms with van der Waals surface area (Å²) >= 11 is 0. The Hall–Kier alpha value is -1.15. The minimum Gasteiger partial charge on any atom is -1.00 e. The van der Waals surface area contributed by atoms with Crippen molar-refractivity contribution in [3.63, 3.8) is 0 Å². The van der Waals surface area contributed by atoms with Gasteiger partial charge in [0.25, 0.3) is 0 Å². The van der Waals surface area contributed by atoms with E-state index in [0.717, 1.165) is 25.2 Å². The average molecular weight is 367 g/mol. The Balaban J connectivity index is 0.00000441. The van der Waals surface area contributed by atoms with E-state index < -0.39 is 0 Å². The smallest absolute Gasteiger partial charge is 0.216 e. The van der Waals surface area contributed by atoms with Crippen molar-refractivity contribution in [2.75, 3.05) is 46.8 Å². The summed E-state index contributed by atoms with van der Waals surface area (Å²) in [7, 11) is 4.10. The Morgan fingerprint density at radius 1 is 1.09 bits per heavy atom. The fourth-order valence-electron chi connectivity index (χ4n) is 2.04. The second-order valence-electron chi connectivity index (χ2n) is 5.86. The number of nitrogens with zero attached hydrogens (tertiary/aromatic N) is 2. The molecular formula is C18H27BrN2O. The molecule has 0 aliphatic carbocycles. The van der Waals surface area contributed by atoms with Crippen LogP contribution >= 0.6 is 0 Å². The zero-order valence-corrected chi connectivity index (χ0v) is 15.7. The molecule has 0 aromatic heterocycles. The molecule has 4 heteroatoms. The molecule has 0 bridgehead atoms. The molecule has 0 radical (unpaired) electrons. The summed E-state index contributed by atoms with van der Waals surface area (Å²) in [6.45, 7) is 8.31. The van der Waals surface area contributed by atoms with Crippen molar-refractivity contribution >= 4 is 5.78 Å². The van der Waals surface area contributed by atoms with Crippen LogP contribution in [0.3, 0.4) is 0 Å². The van der Waals surface area contributed by atoms with Crippen LogP contribution < -0.4 is 17.0 Å². The van der Waals surface area contributed by atoms with Gasteiger partial charge in [0.05, 0.1) is 20.6 Å². The van der Waals surface area contributed by atoms with Gasteiger partial charge in [0.2, 0.25) is 5.78 Å². The minimum atomic E-state index is 0. The molecule has 0 spiro atoms. The van der Waals surface area contributed by atoms with Crippen LogP contribution in [0.2, 0.25) is 0 Å². The summed E-state index contributed by atoms with van der Waals surface area (Å²) < 4.78 is 0.596. The first-order chi connectivity index (χ1) is 9.98. The maximum atomic E-state index is 12.2. The van der Waals surface area contributed by atoms with Gasteiger partial charge in [0.15, 0.2) is 0 Å². The molecule has 0 atom stereocenters. The first-order valence-electron chi connectivity index (χ1n) is 7.57. The second kappa shape index (κ2) is 10.6. The van der Waals surface area contributed by atoms with Crippen molar-refractivity contribution in [2.45, 2.75) is 13.8 Å². The van der Waals surface area contributed by atoms with Gasteiger partial charge in [-0.3, -0.25) is 9.69 Å². The number of Topliss-reactive ketones (excluding diaryl/α,β-unsaturated/α-hetero) is 1. The molecule has 1 rings (SSSR count). The Morgan fingerprint density at radius 2 is 1.68 bits per heavy atom. The molecule has 1 aromatic rings. The van der Waals surface area contributed by atoms with E-state index in [0.29, 0.717) is 17.6 Å². The van der Waals surface area contributed by atoms with Crippen LogP contribution in [0.1, 0.15) is 24.2 Å². The third-order valence-corrected chi connectivity index (χ3v) is 3.50. The summed E-state index contributed by atoms with van der Waals surface area (Å²) in [4.78, 5) is 14.5. The third-order valence-electron chi connectivity index (χ3n) is 3.50. The van der Waals surface area contributed by atoms with Gasteiger partial charge in [-0.05, 0) is 19.0 Å². The zero-order chi connectivity index (χ0) is 15.7. The van der Waals surface area contributed by atoms with Crippen molar-refractivity contribution in [2.24, 2.45) is 0 Å². The van der Waals surface area contributed by atoms with Crippen molar-refractivity contribution in [1.29, 1.82) is 0 Å². The van der Waals surface area contributed by atoms with Crippen molar-refractivity contribution in [3.8, 4) is 11.8 Å². The number of quaternary nitrogens is 1. The Bertz CT molecular complexity index is 499. The molecule has 0 N–H and O–H groups in total. The van der Waals surface area contributed by atoms with E-state index in [-0.39, 0.29) is 22.8 Å². The average Bonchev–Trinajstić information content (AvgIpc) is 2.48. The summed E-state index contributed by atoms with van der Waals surface area (Å²) in [5, 5.41) is 0. The molecule has 0 saturated heterocycles. The van der Waals surface area contributed by atoms with E-state index in [1.807, 2.05) is 44.4 Å². The van der Waals surface area contributed by atoms with Gasteiger partial charge in [-0.25, -0.2) is 0 Å². The standard InChI is InChI=1S/C18H27N2O.BrH/c1-5-19(6-2)14-10-11-15-20(3,4)16-18(21)17-12-8-7-9-13-17;/h7-9,12-13H,5-6,14-16H2,1-4H3;1H/q+1;/p-1. The number of halogens is 1. The highest BCUT2D eigenvalue weighted by atomic mass is 79.9. The monoisotopic (exact) mass is 366 g/mol.